The lowest BCUT2D eigenvalue weighted by atomic mass is 10.1. The number of nitrogens with zero attached hydrogens (tertiary/aromatic N) is 1. The van der Waals surface area contributed by atoms with E-state index in [1.54, 1.807) is 7.11 Å². The molecule has 2 unspecified atom stereocenters. The van der Waals surface area contributed by atoms with Crippen LogP contribution in [0, 0.1) is 0 Å². The monoisotopic (exact) mass is 191 g/mol. The molecule has 0 amide bonds. The van der Waals surface area contributed by atoms with Gasteiger partial charge in [0.2, 0.25) is 0 Å². The van der Waals surface area contributed by atoms with E-state index in [0.717, 1.165) is 17.7 Å². The van der Waals surface area contributed by atoms with Crippen LogP contribution in [0.4, 0.5) is 0 Å². The van der Waals surface area contributed by atoms with Gasteiger partial charge >= 0.3 is 0 Å². The van der Waals surface area contributed by atoms with Crippen molar-refractivity contribution in [3.63, 3.8) is 0 Å². The third kappa shape index (κ3) is 1.75. The minimum atomic E-state index is 0.732. The average molecular weight is 191 g/mol. The van der Waals surface area contributed by atoms with Crippen LogP contribution >= 0.6 is 0 Å². The van der Waals surface area contributed by atoms with Crippen molar-refractivity contribution in [3.8, 4) is 5.75 Å². The molecule has 1 aliphatic carbocycles. The molecule has 1 aromatic carbocycles. The zero-order valence-electron chi connectivity index (χ0n) is 9.03. The molecule has 2 rings (SSSR count). The van der Waals surface area contributed by atoms with E-state index in [0.29, 0.717) is 0 Å². The average Bonchev–Trinajstić information content (AvgIpc) is 2.97. The molecule has 0 N–H and O–H groups in total. The highest BCUT2D eigenvalue weighted by Crippen LogP contribution is 2.43. The highest BCUT2D eigenvalue weighted by molar-refractivity contribution is 5.33. The van der Waals surface area contributed by atoms with Gasteiger partial charge in [-0.1, -0.05) is 12.1 Å². The maximum atomic E-state index is 5.13. The number of hydrogen-bond donors (Lipinski definition) is 0. The van der Waals surface area contributed by atoms with Crippen molar-refractivity contribution < 1.29 is 4.74 Å². The topological polar surface area (TPSA) is 12.5 Å². The molecule has 0 radical (unpaired) electrons. The first-order valence-electron chi connectivity index (χ1n) is 5.02. The van der Waals surface area contributed by atoms with Gasteiger partial charge in [-0.2, -0.15) is 0 Å². The van der Waals surface area contributed by atoms with Gasteiger partial charge in [-0.3, -0.25) is 0 Å². The van der Waals surface area contributed by atoms with Crippen LogP contribution in [0.5, 0.6) is 5.75 Å². The molecule has 0 aromatic heterocycles. The van der Waals surface area contributed by atoms with Gasteiger partial charge in [0.05, 0.1) is 7.11 Å². The quantitative estimate of drug-likeness (QED) is 0.725. The predicted molar refractivity (Wildman–Crippen MR) is 57.8 cm³/mol. The predicted octanol–water partition coefficient (Wildman–Crippen LogP) is 2.11. The number of benzene rings is 1. The van der Waals surface area contributed by atoms with Gasteiger partial charge in [-0.05, 0) is 38.2 Å². The highest BCUT2D eigenvalue weighted by atomic mass is 16.5. The van der Waals surface area contributed by atoms with Gasteiger partial charge in [0, 0.05) is 12.0 Å². The molecule has 1 aliphatic rings. The molecule has 2 atom stereocenters. The van der Waals surface area contributed by atoms with Crippen molar-refractivity contribution in [3.05, 3.63) is 29.8 Å². The van der Waals surface area contributed by atoms with Crippen molar-refractivity contribution in [1.29, 1.82) is 0 Å². The molecule has 14 heavy (non-hydrogen) atoms. The number of ether oxygens (including phenoxy) is 1. The van der Waals surface area contributed by atoms with Gasteiger partial charge in [0.25, 0.3) is 0 Å². The lowest BCUT2D eigenvalue weighted by molar-refractivity contribution is 0.391. The second-order valence-corrected chi connectivity index (χ2v) is 4.15. The summed E-state index contributed by atoms with van der Waals surface area (Å²) in [5.41, 5.74) is 1.43. The number of hydrogen-bond acceptors (Lipinski definition) is 2. The Kier molecular flexibility index (Phi) is 2.46. The zero-order chi connectivity index (χ0) is 10.1. The fraction of sp³-hybridized carbons (Fsp3) is 0.500. The summed E-state index contributed by atoms with van der Waals surface area (Å²) in [6.45, 7) is 0. The Morgan fingerprint density at radius 2 is 1.86 bits per heavy atom. The van der Waals surface area contributed by atoms with E-state index in [1.165, 1.54) is 12.0 Å². The Morgan fingerprint density at radius 1 is 1.21 bits per heavy atom. The fourth-order valence-electron chi connectivity index (χ4n) is 1.96. The Labute approximate surface area is 85.5 Å². The normalized spacial score (nSPS) is 25.1. The first-order valence-corrected chi connectivity index (χ1v) is 5.02. The molecule has 0 saturated heterocycles. The summed E-state index contributed by atoms with van der Waals surface area (Å²) in [7, 11) is 6.00. The standard InChI is InChI=1S/C12H17NO/c1-13(2)12-8-11(12)9-4-6-10(14-3)7-5-9/h4-7,11-12H,8H2,1-3H3. The summed E-state index contributed by atoms with van der Waals surface area (Å²) < 4.78 is 5.13. The van der Waals surface area contributed by atoms with Crippen LogP contribution in [-0.2, 0) is 0 Å². The third-order valence-corrected chi connectivity index (χ3v) is 2.96. The molecule has 1 aromatic rings. The summed E-state index contributed by atoms with van der Waals surface area (Å²) in [6, 6.07) is 9.17. The van der Waals surface area contributed by atoms with Crippen LogP contribution in [0.25, 0.3) is 0 Å². The second-order valence-electron chi connectivity index (χ2n) is 4.15. The maximum Gasteiger partial charge on any atom is 0.118 e. The van der Waals surface area contributed by atoms with Gasteiger partial charge < -0.3 is 9.64 Å². The molecular formula is C12H17NO. The number of methoxy groups -OCH3 is 1. The van der Waals surface area contributed by atoms with E-state index in [1.807, 2.05) is 12.1 Å². The number of likely N-dealkylation sites (N-methyl/N-ethyl adjacent to an activating group) is 1. The van der Waals surface area contributed by atoms with Crippen LogP contribution in [0.1, 0.15) is 17.9 Å². The second kappa shape index (κ2) is 3.62. The molecule has 0 aliphatic heterocycles. The Bertz CT molecular complexity index is 305. The van der Waals surface area contributed by atoms with Gasteiger partial charge in [-0.25, -0.2) is 0 Å². The van der Waals surface area contributed by atoms with E-state index in [-0.39, 0.29) is 0 Å². The molecular weight excluding hydrogens is 174 g/mol. The summed E-state index contributed by atoms with van der Waals surface area (Å²) in [6.07, 6.45) is 1.29. The SMILES string of the molecule is COc1ccc(C2CC2N(C)C)cc1. The summed E-state index contributed by atoms with van der Waals surface area (Å²) in [5, 5.41) is 0. The summed E-state index contributed by atoms with van der Waals surface area (Å²) in [4.78, 5) is 2.30. The largest absolute Gasteiger partial charge is 0.497 e. The third-order valence-electron chi connectivity index (χ3n) is 2.96. The van der Waals surface area contributed by atoms with E-state index < -0.39 is 0 Å². The van der Waals surface area contributed by atoms with Crippen LogP contribution in [0.2, 0.25) is 0 Å². The van der Waals surface area contributed by atoms with E-state index >= 15 is 0 Å². The van der Waals surface area contributed by atoms with Crippen LogP contribution in [0.3, 0.4) is 0 Å². The Hall–Kier alpha value is -1.02. The van der Waals surface area contributed by atoms with Crippen molar-refractivity contribution in [2.75, 3.05) is 21.2 Å². The van der Waals surface area contributed by atoms with Crippen molar-refractivity contribution in [2.24, 2.45) is 0 Å². The van der Waals surface area contributed by atoms with Gasteiger partial charge in [0.15, 0.2) is 0 Å². The first kappa shape index (κ1) is 9.53. The van der Waals surface area contributed by atoms with Gasteiger partial charge in [-0.15, -0.1) is 0 Å². The molecule has 76 valence electrons. The van der Waals surface area contributed by atoms with Crippen molar-refractivity contribution >= 4 is 0 Å². The minimum absolute atomic E-state index is 0.732. The minimum Gasteiger partial charge on any atom is -0.497 e. The molecule has 0 heterocycles. The fourth-order valence-corrected chi connectivity index (χ4v) is 1.96. The molecule has 1 saturated carbocycles. The van der Waals surface area contributed by atoms with Crippen LogP contribution in [0.15, 0.2) is 24.3 Å². The zero-order valence-corrected chi connectivity index (χ0v) is 9.03. The Balaban J connectivity index is 2.05. The lowest BCUT2D eigenvalue weighted by Gasteiger charge is -2.08. The molecule has 2 nitrogen and oxygen atoms in total. The Morgan fingerprint density at radius 3 is 2.29 bits per heavy atom. The highest BCUT2D eigenvalue weighted by Gasteiger charge is 2.39. The summed E-state index contributed by atoms with van der Waals surface area (Å²) in [5.74, 6) is 1.67. The van der Waals surface area contributed by atoms with Crippen LogP contribution < -0.4 is 4.74 Å². The number of rotatable bonds is 3. The van der Waals surface area contributed by atoms with E-state index in [2.05, 4.69) is 31.1 Å². The maximum absolute atomic E-state index is 5.13. The van der Waals surface area contributed by atoms with E-state index in [4.69, 9.17) is 4.74 Å². The molecule has 0 bridgehead atoms. The van der Waals surface area contributed by atoms with Gasteiger partial charge in [0.1, 0.15) is 5.75 Å². The molecule has 0 spiro atoms. The van der Waals surface area contributed by atoms with E-state index in [9.17, 15) is 0 Å². The first-order chi connectivity index (χ1) is 6.72. The molecule has 1 fully saturated rings. The van der Waals surface area contributed by atoms with Crippen molar-refractivity contribution in [2.45, 2.75) is 18.4 Å². The lowest BCUT2D eigenvalue weighted by Crippen LogP contribution is -2.15. The van der Waals surface area contributed by atoms with Crippen LogP contribution in [-0.4, -0.2) is 32.1 Å². The van der Waals surface area contributed by atoms with Crippen molar-refractivity contribution in [1.82, 2.24) is 4.90 Å². The summed E-state index contributed by atoms with van der Waals surface area (Å²) >= 11 is 0. The smallest absolute Gasteiger partial charge is 0.118 e. The molecule has 2 heteroatoms.